The van der Waals surface area contributed by atoms with Gasteiger partial charge in [-0.1, -0.05) is 29.8 Å². The van der Waals surface area contributed by atoms with Crippen LogP contribution in [0.2, 0.25) is 5.02 Å². The monoisotopic (exact) mass is 449 g/mol. The first kappa shape index (κ1) is 21.6. The number of anilines is 2. The number of carbonyl (C=O) groups excluding carboxylic acids is 1. The summed E-state index contributed by atoms with van der Waals surface area (Å²) >= 11 is 6.13. The number of nitrogens with one attached hydrogen (secondary N) is 2. The maximum absolute atomic E-state index is 13.7. The molecule has 1 heterocycles. The summed E-state index contributed by atoms with van der Waals surface area (Å²) in [6.07, 6.45) is 0. The summed E-state index contributed by atoms with van der Waals surface area (Å²) < 4.78 is 19.6. The number of aromatic nitrogens is 1. The molecule has 1 aromatic heterocycles. The van der Waals surface area contributed by atoms with Crippen LogP contribution in [0.4, 0.5) is 20.6 Å². The molecule has 3 aromatic carbocycles. The number of pyridine rings is 1. The molecule has 0 saturated heterocycles. The van der Waals surface area contributed by atoms with Gasteiger partial charge in [-0.05, 0) is 61.9 Å². The van der Waals surface area contributed by atoms with Gasteiger partial charge in [0, 0.05) is 33.4 Å². The van der Waals surface area contributed by atoms with Gasteiger partial charge in [0.2, 0.25) is 0 Å². The minimum Gasteiger partial charge on any atom is -0.493 e. The second kappa shape index (κ2) is 9.24. The maximum Gasteiger partial charge on any atom is 0.323 e. The number of ether oxygens (including phenoxy) is 1. The average molecular weight is 450 g/mol. The molecule has 0 fully saturated rings. The van der Waals surface area contributed by atoms with Crippen molar-refractivity contribution in [2.24, 2.45) is 0 Å². The first-order valence-corrected chi connectivity index (χ1v) is 10.5. The van der Waals surface area contributed by atoms with Gasteiger partial charge in [-0.25, -0.2) is 14.2 Å². The first-order valence-electron chi connectivity index (χ1n) is 10.1. The molecule has 5 nitrogen and oxygen atoms in total. The van der Waals surface area contributed by atoms with E-state index in [0.717, 1.165) is 22.2 Å². The number of hydrogen-bond acceptors (Lipinski definition) is 3. The van der Waals surface area contributed by atoms with E-state index in [9.17, 15) is 9.18 Å². The van der Waals surface area contributed by atoms with Gasteiger partial charge in [0.15, 0.2) is 0 Å². The number of rotatable bonds is 5. The van der Waals surface area contributed by atoms with Gasteiger partial charge in [-0.15, -0.1) is 0 Å². The molecule has 2 amide bonds. The number of benzene rings is 3. The fourth-order valence-electron chi connectivity index (χ4n) is 3.31. The van der Waals surface area contributed by atoms with Crippen LogP contribution in [0.1, 0.15) is 12.5 Å². The van der Waals surface area contributed by atoms with Gasteiger partial charge in [0.05, 0.1) is 17.8 Å². The summed E-state index contributed by atoms with van der Waals surface area (Å²) in [7, 11) is 0. The van der Waals surface area contributed by atoms with Gasteiger partial charge in [-0.2, -0.15) is 0 Å². The molecule has 0 aliphatic carbocycles. The molecule has 2 N–H and O–H groups in total. The molecule has 0 aliphatic heterocycles. The molecule has 7 heteroatoms. The molecule has 0 atom stereocenters. The van der Waals surface area contributed by atoms with E-state index in [1.54, 1.807) is 31.2 Å². The molecule has 162 valence electrons. The summed E-state index contributed by atoms with van der Waals surface area (Å²) in [5.41, 5.74) is 3.78. The van der Waals surface area contributed by atoms with Crippen LogP contribution in [0.3, 0.4) is 0 Å². The molecule has 32 heavy (non-hydrogen) atoms. The van der Waals surface area contributed by atoms with Crippen LogP contribution < -0.4 is 15.4 Å². The molecule has 0 unspecified atom stereocenters. The van der Waals surface area contributed by atoms with Crippen molar-refractivity contribution in [1.82, 2.24) is 4.98 Å². The smallest absolute Gasteiger partial charge is 0.323 e. The molecule has 4 rings (SSSR count). The third-order valence-corrected chi connectivity index (χ3v) is 5.11. The van der Waals surface area contributed by atoms with E-state index in [0.29, 0.717) is 34.3 Å². The van der Waals surface area contributed by atoms with Crippen LogP contribution in [0.15, 0.2) is 66.7 Å². The third-order valence-electron chi connectivity index (χ3n) is 4.88. The zero-order valence-corrected chi connectivity index (χ0v) is 18.3. The maximum atomic E-state index is 13.7. The van der Waals surface area contributed by atoms with Gasteiger partial charge in [0.1, 0.15) is 11.6 Å². The molecular formula is C25H21ClFN3O2. The van der Waals surface area contributed by atoms with E-state index in [1.807, 2.05) is 43.3 Å². The number of aryl methyl sites for hydroxylation is 1. The molecule has 0 aliphatic rings. The van der Waals surface area contributed by atoms with Crippen molar-refractivity contribution in [3.8, 4) is 17.0 Å². The summed E-state index contributed by atoms with van der Waals surface area (Å²) in [4.78, 5) is 17.1. The average Bonchev–Trinajstić information content (AvgIpc) is 2.76. The number of carbonyl (C=O) groups is 1. The topological polar surface area (TPSA) is 63.2 Å². The van der Waals surface area contributed by atoms with Crippen molar-refractivity contribution in [2.75, 3.05) is 17.2 Å². The van der Waals surface area contributed by atoms with Gasteiger partial charge < -0.3 is 15.4 Å². The number of urea groups is 1. The van der Waals surface area contributed by atoms with Crippen molar-refractivity contribution < 1.29 is 13.9 Å². The van der Waals surface area contributed by atoms with Crippen molar-refractivity contribution >= 4 is 39.9 Å². The highest BCUT2D eigenvalue weighted by molar-refractivity contribution is 6.30. The Balaban J connectivity index is 1.62. The third kappa shape index (κ3) is 4.81. The van der Waals surface area contributed by atoms with Crippen molar-refractivity contribution in [3.05, 3.63) is 83.1 Å². The Morgan fingerprint density at radius 2 is 1.78 bits per heavy atom. The number of hydrogen-bond donors (Lipinski definition) is 2. The Morgan fingerprint density at radius 3 is 2.50 bits per heavy atom. The number of nitrogens with zero attached hydrogens (tertiary/aromatic N) is 1. The molecule has 0 spiro atoms. The van der Waals surface area contributed by atoms with Crippen molar-refractivity contribution in [3.63, 3.8) is 0 Å². The van der Waals surface area contributed by atoms with Crippen LogP contribution in [0.5, 0.6) is 5.75 Å². The SMILES string of the molecule is CCOc1cc(-c2cccc(Cl)c2)nc2ccc(NC(=O)Nc3ccc(C)c(F)c3)cc12. The van der Waals surface area contributed by atoms with E-state index >= 15 is 0 Å². The lowest BCUT2D eigenvalue weighted by molar-refractivity contribution is 0.262. The zero-order chi connectivity index (χ0) is 22.7. The normalized spacial score (nSPS) is 10.8. The molecular weight excluding hydrogens is 429 g/mol. The predicted octanol–water partition coefficient (Wildman–Crippen LogP) is 7.05. The van der Waals surface area contributed by atoms with Crippen LogP contribution in [0, 0.1) is 12.7 Å². The van der Waals surface area contributed by atoms with E-state index in [1.165, 1.54) is 6.07 Å². The van der Waals surface area contributed by atoms with Gasteiger partial charge in [0.25, 0.3) is 0 Å². The summed E-state index contributed by atoms with van der Waals surface area (Å²) in [5.74, 6) is 0.272. The van der Waals surface area contributed by atoms with E-state index < -0.39 is 6.03 Å². The van der Waals surface area contributed by atoms with Crippen LogP contribution in [-0.4, -0.2) is 17.6 Å². The number of fused-ring (bicyclic) bond motifs is 1. The Labute approximate surface area is 190 Å². The van der Waals surface area contributed by atoms with E-state index in [4.69, 9.17) is 21.3 Å². The standard InChI is InChI=1S/C25H21ClFN3O2/c1-3-32-24-14-23(16-5-4-6-17(26)11-16)30-22-10-9-18(12-20(22)24)28-25(31)29-19-8-7-15(2)21(27)13-19/h4-14H,3H2,1-2H3,(H2,28,29,31). The Hall–Kier alpha value is -3.64. The Morgan fingerprint density at radius 1 is 1.03 bits per heavy atom. The van der Waals surface area contributed by atoms with Crippen LogP contribution >= 0.6 is 11.6 Å². The van der Waals surface area contributed by atoms with Crippen molar-refractivity contribution in [2.45, 2.75) is 13.8 Å². The Kier molecular flexibility index (Phi) is 6.23. The van der Waals surface area contributed by atoms with E-state index in [2.05, 4.69) is 10.6 Å². The highest BCUT2D eigenvalue weighted by atomic mass is 35.5. The van der Waals surface area contributed by atoms with Gasteiger partial charge >= 0.3 is 6.03 Å². The second-order valence-electron chi connectivity index (χ2n) is 7.22. The quantitative estimate of drug-likeness (QED) is 0.343. The first-order chi connectivity index (χ1) is 15.4. The summed E-state index contributed by atoms with van der Waals surface area (Å²) in [5, 5.41) is 6.79. The Bertz CT molecular complexity index is 1310. The number of amides is 2. The van der Waals surface area contributed by atoms with E-state index in [-0.39, 0.29) is 5.82 Å². The minimum absolute atomic E-state index is 0.370. The largest absolute Gasteiger partial charge is 0.493 e. The zero-order valence-electron chi connectivity index (χ0n) is 17.6. The molecule has 0 bridgehead atoms. The molecule has 0 radical (unpaired) electrons. The summed E-state index contributed by atoms with van der Waals surface area (Å²) in [6.45, 7) is 4.04. The summed E-state index contributed by atoms with van der Waals surface area (Å²) in [6, 6.07) is 18.7. The molecule has 0 saturated carbocycles. The minimum atomic E-state index is -0.478. The van der Waals surface area contributed by atoms with Gasteiger partial charge in [-0.3, -0.25) is 0 Å². The highest BCUT2D eigenvalue weighted by Crippen LogP contribution is 2.32. The number of halogens is 2. The van der Waals surface area contributed by atoms with Crippen molar-refractivity contribution in [1.29, 1.82) is 0 Å². The lowest BCUT2D eigenvalue weighted by Gasteiger charge is -2.13. The van der Waals surface area contributed by atoms with Crippen LogP contribution in [0.25, 0.3) is 22.2 Å². The highest BCUT2D eigenvalue weighted by Gasteiger charge is 2.12. The second-order valence-corrected chi connectivity index (χ2v) is 7.66. The fraction of sp³-hybridized carbons (Fsp3) is 0.120. The van der Waals surface area contributed by atoms with Crippen LogP contribution in [-0.2, 0) is 0 Å². The lowest BCUT2D eigenvalue weighted by atomic mass is 10.1. The predicted molar refractivity (Wildman–Crippen MR) is 127 cm³/mol. The lowest BCUT2D eigenvalue weighted by Crippen LogP contribution is -2.19. The fourth-order valence-corrected chi connectivity index (χ4v) is 3.50. The molecule has 4 aromatic rings.